The lowest BCUT2D eigenvalue weighted by atomic mass is 9.97. The van der Waals surface area contributed by atoms with Crippen molar-refractivity contribution in [2.45, 2.75) is 25.8 Å². The highest BCUT2D eigenvalue weighted by molar-refractivity contribution is 6.15. The van der Waals surface area contributed by atoms with Gasteiger partial charge in [-0.05, 0) is 54.8 Å². The van der Waals surface area contributed by atoms with Crippen molar-refractivity contribution in [3.05, 3.63) is 94.7 Å². The van der Waals surface area contributed by atoms with Crippen molar-refractivity contribution in [3.63, 3.8) is 0 Å². The SMILES string of the molecule is C[C@@H]1C[C@H]1c1ccc(CN(C)C(=O)c2ccccc2C(=O)c2ccc(F)cc2)o1. The van der Waals surface area contributed by atoms with E-state index < -0.39 is 5.82 Å². The fourth-order valence-corrected chi connectivity index (χ4v) is 3.53. The quantitative estimate of drug-likeness (QED) is 0.553. The van der Waals surface area contributed by atoms with Crippen LogP contribution in [0.4, 0.5) is 4.39 Å². The minimum atomic E-state index is -0.413. The molecule has 2 atom stereocenters. The Labute approximate surface area is 169 Å². The maximum atomic E-state index is 13.2. The Hall–Kier alpha value is -3.21. The molecule has 1 aliphatic carbocycles. The number of hydrogen-bond acceptors (Lipinski definition) is 3. The van der Waals surface area contributed by atoms with E-state index in [9.17, 15) is 14.0 Å². The van der Waals surface area contributed by atoms with Crippen molar-refractivity contribution in [1.29, 1.82) is 0 Å². The summed E-state index contributed by atoms with van der Waals surface area (Å²) >= 11 is 0. The van der Waals surface area contributed by atoms with E-state index in [0.29, 0.717) is 35.1 Å². The van der Waals surface area contributed by atoms with Gasteiger partial charge in [-0.1, -0.05) is 25.1 Å². The smallest absolute Gasteiger partial charge is 0.254 e. The van der Waals surface area contributed by atoms with Crippen LogP contribution >= 0.6 is 0 Å². The van der Waals surface area contributed by atoms with Crippen LogP contribution in [0.1, 0.15) is 57.1 Å². The van der Waals surface area contributed by atoms with E-state index in [1.807, 2.05) is 12.1 Å². The number of rotatable bonds is 6. The third-order valence-electron chi connectivity index (χ3n) is 5.41. The largest absolute Gasteiger partial charge is 0.464 e. The second-order valence-electron chi connectivity index (χ2n) is 7.67. The number of ketones is 1. The molecule has 1 aromatic heterocycles. The summed E-state index contributed by atoms with van der Waals surface area (Å²) in [5, 5.41) is 0. The highest BCUT2D eigenvalue weighted by atomic mass is 19.1. The van der Waals surface area contributed by atoms with Crippen LogP contribution in [0.15, 0.2) is 65.1 Å². The summed E-state index contributed by atoms with van der Waals surface area (Å²) in [4.78, 5) is 27.4. The van der Waals surface area contributed by atoms with Crippen LogP contribution in [0.2, 0.25) is 0 Å². The number of hydrogen-bond donors (Lipinski definition) is 0. The molecule has 2 aromatic carbocycles. The molecule has 1 aliphatic rings. The summed E-state index contributed by atoms with van der Waals surface area (Å²) in [7, 11) is 1.68. The maximum absolute atomic E-state index is 13.2. The molecular weight excluding hydrogens is 369 g/mol. The molecule has 4 nitrogen and oxygen atoms in total. The van der Waals surface area contributed by atoms with Gasteiger partial charge in [0, 0.05) is 24.1 Å². The van der Waals surface area contributed by atoms with Crippen LogP contribution in [0, 0.1) is 11.7 Å². The summed E-state index contributed by atoms with van der Waals surface area (Å²) in [6.07, 6.45) is 1.14. The molecule has 4 rings (SSSR count). The van der Waals surface area contributed by atoms with Crippen molar-refractivity contribution in [3.8, 4) is 0 Å². The fourth-order valence-electron chi connectivity index (χ4n) is 3.53. The van der Waals surface area contributed by atoms with Crippen LogP contribution < -0.4 is 0 Å². The molecule has 1 saturated carbocycles. The van der Waals surface area contributed by atoms with Gasteiger partial charge in [0.2, 0.25) is 0 Å². The molecule has 29 heavy (non-hydrogen) atoms. The summed E-state index contributed by atoms with van der Waals surface area (Å²) in [5.74, 6) is 1.83. The van der Waals surface area contributed by atoms with Crippen LogP contribution in [-0.4, -0.2) is 23.6 Å². The molecule has 148 valence electrons. The van der Waals surface area contributed by atoms with Gasteiger partial charge in [0.05, 0.1) is 12.1 Å². The first kappa shape index (κ1) is 19.1. The fraction of sp³-hybridized carbons (Fsp3) is 0.250. The minimum absolute atomic E-state index is 0.270. The predicted octanol–water partition coefficient (Wildman–Crippen LogP) is 5.05. The molecule has 1 amide bonds. The Kier molecular flexibility index (Phi) is 5.05. The van der Waals surface area contributed by atoms with Gasteiger partial charge in [0.15, 0.2) is 5.78 Å². The number of amides is 1. The number of furan rings is 1. The summed E-state index contributed by atoms with van der Waals surface area (Å²) in [6.45, 7) is 2.51. The first-order chi connectivity index (χ1) is 13.9. The second kappa shape index (κ2) is 7.66. The maximum Gasteiger partial charge on any atom is 0.254 e. The Balaban J connectivity index is 1.53. The normalized spacial score (nSPS) is 17.8. The predicted molar refractivity (Wildman–Crippen MR) is 107 cm³/mol. The topological polar surface area (TPSA) is 50.5 Å². The molecule has 0 N–H and O–H groups in total. The van der Waals surface area contributed by atoms with E-state index >= 15 is 0 Å². The van der Waals surface area contributed by atoms with E-state index in [4.69, 9.17) is 4.42 Å². The van der Waals surface area contributed by atoms with Crippen molar-refractivity contribution in [2.75, 3.05) is 7.05 Å². The summed E-state index contributed by atoms with van der Waals surface area (Å²) < 4.78 is 19.1. The lowest BCUT2D eigenvalue weighted by Crippen LogP contribution is -2.27. The zero-order valence-electron chi connectivity index (χ0n) is 16.4. The molecular formula is C24H22FNO3. The number of halogens is 1. The first-order valence-electron chi connectivity index (χ1n) is 9.67. The van der Waals surface area contributed by atoms with E-state index in [1.165, 1.54) is 29.2 Å². The van der Waals surface area contributed by atoms with E-state index in [-0.39, 0.29) is 11.7 Å². The van der Waals surface area contributed by atoms with Crippen LogP contribution in [0.3, 0.4) is 0 Å². The van der Waals surface area contributed by atoms with Gasteiger partial charge >= 0.3 is 0 Å². The van der Waals surface area contributed by atoms with Crippen molar-refractivity contribution >= 4 is 11.7 Å². The molecule has 3 aromatic rings. The van der Waals surface area contributed by atoms with Gasteiger partial charge in [-0.15, -0.1) is 0 Å². The average molecular weight is 391 g/mol. The first-order valence-corrected chi connectivity index (χ1v) is 9.67. The van der Waals surface area contributed by atoms with Gasteiger partial charge < -0.3 is 9.32 Å². The van der Waals surface area contributed by atoms with Gasteiger partial charge in [0.1, 0.15) is 17.3 Å². The number of carbonyl (C=O) groups is 2. The standard InChI is InChI=1S/C24H22FNO3/c1-15-13-21(15)22-12-11-18(29-22)14-26(2)24(28)20-6-4-3-5-19(20)23(27)16-7-9-17(25)10-8-16/h3-12,15,21H,13-14H2,1-2H3/t15-,21-/m1/s1. The molecule has 1 fully saturated rings. The molecule has 0 aliphatic heterocycles. The molecule has 5 heteroatoms. The molecule has 0 radical (unpaired) electrons. The molecule has 0 bridgehead atoms. The minimum Gasteiger partial charge on any atom is -0.464 e. The number of benzene rings is 2. The molecule has 1 heterocycles. The summed E-state index contributed by atoms with van der Waals surface area (Å²) in [5.41, 5.74) is 0.943. The van der Waals surface area contributed by atoms with E-state index in [1.54, 1.807) is 31.3 Å². The van der Waals surface area contributed by atoms with E-state index in [2.05, 4.69) is 6.92 Å². The number of nitrogens with zero attached hydrogens (tertiary/aromatic N) is 1. The molecule has 0 spiro atoms. The Morgan fingerprint density at radius 3 is 2.34 bits per heavy atom. The second-order valence-corrected chi connectivity index (χ2v) is 7.67. The van der Waals surface area contributed by atoms with E-state index in [0.717, 1.165) is 17.9 Å². The Bertz CT molecular complexity index is 1050. The third-order valence-corrected chi connectivity index (χ3v) is 5.41. The van der Waals surface area contributed by atoms with Gasteiger partial charge in [-0.3, -0.25) is 9.59 Å². The monoisotopic (exact) mass is 391 g/mol. The van der Waals surface area contributed by atoms with Crippen molar-refractivity contribution < 1.29 is 18.4 Å². The van der Waals surface area contributed by atoms with Crippen LogP contribution in [-0.2, 0) is 6.54 Å². The van der Waals surface area contributed by atoms with Gasteiger partial charge in [-0.25, -0.2) is 4.39 Å². The molecule has 0 saturated heterocycles. The highest BCUT2D eigenvalue weighted by Crippen LogP contribution is 2.47. The average Bonchev–Trinajstić information content (AvgIpc) is 3.28. The summed E-state index contributed by atoms with van der Waals surface area (Å²) in [6, 6.07) is 15.9. The zero-order chi connectivity index (χ0) is 20.5. The lowest BCUT2D eigenvalue weighted by molar-refractivity contribution is 0.0770. The Morgan fingerprint density at radius 1 is 1.03 bits per heavy atom. The third kappa shape index (κ3) is 3.99. The van der Waals surface area contributed by atoms with Crippen molar-refractivity contribution in [2.24, 2.45) is 5.92 Å². The highest BCUT2D eigenvalue weighted by Gasteiger charge is 2.36. The van der Waals surface area contributed by atoms with Gasteiger partial charge in [0.25, 0.3) is 5.91 Å². The lowest BCUT2D eigenvalue weighted by Gasteiger charge is -2.17. The zero-order valence-corrected chi connectivity index (χ0v) is 16.4. The van der Waals surface area contributed by atoms with Crippen LogP contribution in [0.5, 0.6) is 0 Å². The number of carbonyl (C=O) groups excluding carboxylic acids is 2. The van der Waals surface area contributed by atoms with Crippen LogP contribution in [0.25, 0.3) is 0 Å². The van der Waals surface area contributed by atoms with Crippen molar-refractivity contribution in [1.82, 2.24) is 4.90 Å². The molecule has 0 unspecified atom stereocenters. The Morgan fingerprint density at radius 2 is 1.69 bits per heavy atom. The van der Waals surface area contributed by atoms with Gasteiger partial charge in [-0.2, -0.15) is 0 Å².